The van der Waals surface area contributed by atoms with Gasteiger partial charge in [0.1, 0.15) is 5.01 Å². The number of rotatable bonds is 8. The van der Waals surface area contributed by atoms with E-state index in [9.17, 15) is 0 Å². The Bertz CT molecular complexity index is 407. The Morgan fingerprint density at radius 1 is 0.826 bits per heavy atom. The topological polar surface area (TPSA) is 40.5 Å². The van der Waals surface area contributed by atoms with Gasteiger partial charge in [-0.2, -0.15) is 0 Å². The lowest BCUT2D eigenvalue weighted by Crippen LogP contribution is -1.89. The van der Waals surface area contributed by atoms with Crippen LogP contribution in [-0.4, -0.2) is 21.8 Å². The minimum Gasteiger partial charge on any atom is -0.392 e. The van der Waals surface area contributed by atoms with Gasteiger partial charge in [0.2, 0.25) is 0 Å². The van der Waals surface area contributed by atoms with E-state index in [0.717, 1.165) is 25.7 Å². The van der Waals surface area contributed by atoms with E-state index in [1.807, 2.05) is 19.1 Å². The summed E-state index contributed by atoms with van der Waals surface area (Å²) in [7, 11) is 0. The molecule has 0 aromatic heterocycles. The standard InChI is InChI=1S/C10H17BrO.C10H18O/c1-8(2)5-4-6-9(3)7-10(11)12;1-9(2)5-4-6-10(3)7-8-11/h5,7,10,12H,4,6H2,1-3H3;5,7,11H,4,6,8H2,1-3H3/b9-7-;10-7+. The predicted molar refractivity (Wildman–Crippen MR) is 107 cm³/mol. The highest BCUT2D eigenvalue weighted by atomic mass is 79.9. The molecule has 0 bridgehead atoms. The van der Waals surface area contributed by atoms with Crippen molar-refractivity contribution in [2.45, 2.75) is 72.2 Å². The van der Waals surface area contributed by atoms with Crippen LogP contribution in [0, 0.1) is 0 Å². The first-order valence-electron chi connectivity index (χ1n) is 8.21. The van der Waals surface area contributed by atoms with Crippen LogP contribution in [0.4, 0.5) is 0 Å². The second-order valence-corrected chi connectivity index (χ2v) is 7.20. The van der Waals surface area contributed by atoms with Gasteiger partial charge in [0.05, 0.1) is 6.61 Å². The van der Waals surface area contributed by atoms with Crippen LogP contribution >= 0.6 is 15.9 Å². The van der Waals surface area contributed by atoms with E-state index in [0.29, 0.717) is 0 Å². The molecule has 0 amide bonds. The first-order chi connectivity index (χ1) is 10.7. The molecule has 1 unspecified atom stereocenters. The van der Waals surface area contributed by atoms with E-state index in [1.54, 1.807) is 0 Å². The fourth-order valence-corrected chi connectivity index (χ4v) is 2.20. The molecule has 0 radical (unpaired) electrons. The number of aliphatic hydroxyl groups is 2. The molecule has 0 saturated carbocycles. The minimum absolute atomic E-state index is 0.167. The van der Waals surface area contributed by atoms with Crippen molar-refractivity contribution in [1.29, 1.82) is 0 Å². The molecule has 0 fully saturated rings. The maximum Gasteiger partial charge on any atom is 0.127 e. The van der Waals surface area contributed by atoms with Crippen LogP contribution in [0.25, 0.3) is 0 Å². The van der Waals surface area contributed by atoms with Gasteiger partial charge in [-0.15, -0.1) is 0 Å². The Morgan fingerprint density at radius 3 is 1.61 bits per heavy atom. The molecule has 2 N–H and O–H groups in total. The molecule has 0 aliphatic heterocycles. The molecule has 0 aliphatic rings. The average molecular weight is 387 g/mol. The predicted octanol–water partition coefficient (Wildman–Crippen LogP) is 6.06. The largest absolute Gasteiger partial charge is 0.392 e. The summed E-state index contributed by atoms with van der Waals surface area (Å²) in [5.41, 5.74) is 5.20. The van der Waals surface area contributed by atoms with Crippen LogP contribution in [0.1, 0.15) is 67.2 Å². The number of allylic oxidation sites excluding steroid dienone is 6. The molecule has 1 atom stereocenters. The zero-order valence-corrected chi connectivity index (χ0v) is 17.3. The Morgan fingerprint density at radius 2 is 1.26 bits per heavy atom. The van der Waals surface area contributed by atoms with Crippen LogP contribution in [-0.2, 0) is 0 Å². The Balaban J connectivity index is 0. The number of halogens is 1. The lowest BCUT2D eigenvalue weighted by molar-refractivity contribution is 0.315. The maximum absolute atomic E-state index is 8.96. The van der Waals surface area contributed by atoms with E-state index < -0.39 is 5.01 Å². The van der Waals surface area contributed by atoms with Crippen molar-refractivity contribution in [2.75, 3.05) is 6.61 Å². The van der Waals surface area contributed by atoms with Crippen LogP contribution < -0.4 is 0 Å². The van der Waals surface area contributed by atoms with Crippen molar-refractivity contribution in [3.05, 3.63) is 46.6 Å². The third-order valence-corrected chi connectivity index (χ3v) is 3.31. The number of aliphatic hydroxyl groups excluding tert-OH is 2. The van der Waals surface area contributed by atoms with Gasteiger partial charge in [-0.25, -0.2) is 0 Å². The molecule has 3 heteroatoms. The zero-order valence-electron chi connectivity index (χ0n) is 15.7. The molecule has 2 nitrogen and oxygen atoms in total. The summed E-state index contributed by atoms with van der Waals surface area (Å²) in [6, 6.07) is 0. The van der Waals surface area contributed by atoms with Gasteiger partial charge in [0.25, 0.3) is 0 Å². The van der Waals surface area contributed by atoms with Gasteiger partial charge >= 0.3 is 0 Å². The smallest absolute Gasteiger partial charge is 0.127 e. The second kappa shape index (κ2) is 16.2. The van der Waals surface area contributed by atoms with E-state index >= 15 is 0 Å². The van der Waals surface area contributed by atoms with Crippen molar-refractivity contribution in [2.24, 2.45) is 0 Å². The van der Waals surface area contributed by atoms with Crippen LogP contribution in [0.3, 0.4) is 0 Å². The molecule has 0 saturated heterocycles. The van der Waals surface area contributed by atoms with Crippen molar-refractivity contribution in [1.82, 2.24) is 0 Å². The summed E-state index contributed by atoms with van der Waals surface area (Å²) < 4.78 is 0. The van der Waals surface area contributed by atoms with Gasteiger partial charge in [0, 0.05) is 0 Å². The molecule has 0 rings (SSSR count). The van der Waals surface area contributed by atoms with Gasteiger partial charge in [-0.05, 0) is 73.3 Å². The molecule has 0 aromatic carbocycles. The fourth-order valence-electron chi connectivity index (χ4n) is 1.75. The van der Waals surface area contributed by atoms with E-state index in [2.05, 4.69) is 62.7 Å². The van der Waals surface area contributed by atoms with Crippen molar-refractivity contribution in [3.63, 3.8) is 0 Å². The lowest BCUT2D eigenvalue weighted by atomic mass is 10.1. The summed E-state index contributed by atoms with van der Waals surface area (Å²) >= 11 is 3.06. The quantitative estimate of drug-likeness (QED) is 0.392. The highest BCUT2D eigenvalue weighted by molar-refractivity contribution is 9.09. The van der Waals surface area contributed by atoms with Gasteiger partial charge in [-0.1, -0.05) is 56.5 Å². The molecule has 0 aliphatic carbocycles. The van der Waals surface area contributed by atoms with E-state index in [-0.39, 0.29) is 6.61 Å². The van der Waals surface area contributed by atoms with Crippen molar-refractivity contribution in [3.8, 4) is 0 Å². The Labute approximate surface area is 151 Å². The summed E-state index contributed by atoms with van der Waals surface area (Å²) in [6.07, 6.45) is 12.3. The second-order valence-electron chi connectivity index (χ2n) is 6.26. The Hall–Kier alpha value is -0.640. The number of hydrogen-bond acceptors (Lipinski definition) is 2. The minimum atomic E-state index is -0.496. The summed E-state index contributed by atoms with van der Waals surface area (Å²) in [4.78, 5) is 0. The van der Waals surface area contributed by atoms with Crippen molar-refractivity contribution < 1.29 is 10.2 Å². The highest BCUT2D eigenvalue weighted by Crippen LogP contribution is 2.09. The molecule has 0 aromatic rings. The van der Waals surface area contributed by atoms with Crippen LogP contribution in [0.2, 0.25) is 0 Å². The summed E-state index contributed by atoms with van der Waals surface area (Å²) in [5, 5.41) is 17.0. The van der Waals surface area contributed by atoms with Gasteiger partial charge in [-0.3, -0.25) is 0 Å². The third kappa shape index (κ3) is 23.8. The van der Waals surface area contributed by atoms with Crippen molar-refractivity contribution >= 4 is 15.9 Å². The van der Waals surface area contributed by atoms with Crippen LogP contribution in [0.15, 0.2) is 46.6 Å². The highest BCUT2D eigenvalue weighted by Gasteiger charge is 1.93. The molecule has 23 heavy (non-hydrogen) atoms. The fraction of sp³-hybridized carbons (Fsp3) is 0.600. The monoisotopic (exact) mass is 386 g/mol. The van der Waals surface area contributed by atoms with Gasteiger partial charge < -0.3 is 10.2 Å². The third-order valence-electron chi connectivity index (χ3n) is 3.04. The van der Waals surface area contributed by atoms with Crippen LogP contribution in [0.5, 0.6) is 0 Å². The Kier molecular flexibility index (Phi) is 17.4. The maximum atomic E-state index is 8.96. The molecule has 0 heterocycles. The number of hydrogen-bond donors (Lipinski definition) is 2. The first kappa shape index (κ1) is 24.6. The SMILES string of the molecule is CC(C)=CCC/C(C)=C/CO.CC(C)=CCC/C(C)=C\C(O)Br. The van der Waals surface area contributed by atoms with Gasteiger partial charge in [0.15, 0.2) is 0 Å². The molecule has 0 spiro atoms. The average Bonchev–Trinajstić information content (AvgIpc) is 2.37. The van der Waals surface area contributed by atoms with E-state index in [4.69, 9.17) is 10.2 Å². The molecular formula is C20H35BrO2. The normalized spacial score (nSPS) is 12.9. The zero-order chi connectivity index (χ0) is 18.3. The molecular weight excluding hydrogens is 352 g/mol. The summed E-state index contributed by atoms with van der Waals surface area (Å²) in [5.74, 6) is 0. The summed E-state index contributed by atoms with van der Waals surface area (Å²) in [6.45, 7) is 12.6. The van der Waals surface area contributed by atoms with E-state index in [1.165, 1.54) is 22.3 Å². The number of alkyl halides is 1. The lowest BCUT2D eigenvalue weighted by Gasteiger charge is -1.99. The molecule has 134 valence electrons. The first-order valence-corrected chi connectivity index (χ1v) is 9.13.